The number of fused-ring (bicyclic) bond motifs is 5. The number of ether oxygens (including phenoxy) is 1. The largest absolute Gasteiger partial charge is 0.377 e. The maximum Gasteiger partial charge on any atom is 0.138 e. The fourth-order valence-corrected chi connectivity index (χ4v) is 11.8. The molecule has 5 aliphatic carbocycles. The highest BCUT2D eigenvalue weighted by Crippen LogP contribution is 2.77. The maximum atomic E-state index is 12.9. The molecular weight excluding hydrogens is 392 g/mol. The summed E-state index contributed by atoms with van der Waals surface area (Å²) in [6, 6.07) is 0. The lowest BCUT2D eigenvalue weighted by molar-refractivity contribution is -0.239. The van der Waals surface area contributed by atoms with Crippen molar-refractivity contribution in [2.75, 3.05) is 6.61 Å². The number of hydrogen-bond acceptors (Lipinski definition) is 2. The van der Waals surface area contributed by atoms with Crippen molar-refractivity contribution in [2.45, 2.75) is 119 Å². The number of ketones is 1. The molecule has 180 valence electrons. The minimum absolute atomic E-state index is 0.136. The normalized spacial score (nSPS) is 57.7. The predicted molar refractivity (Wildman–Crippen MR) is 129 cm³/mol. The molecule has 0 unspecified atom stereocenters. The van der Waals surface area contributed by atoms with Crippen LogP contribution >= 0.6 is 0 Å². The van der Waals surface area contributed by atoms with Crippen LogP contribution in [0, 0.1) is 56.2 Å². The summed E-state index contributed by atoms with van der Waals surface area (Å²) in [5.41, 5.74) is 1.83. The quantitative estimate of drug-likeness (QED) is 0.391. The summed E-state index contributed by atoms with van der Waals surface area (Å²) >= 11 is 0. The van der Waals surface area contributed by atoms with Crippen LogP contribution in [-0.2, 0) is 9.53 Å². The zero-order valence-corrected chi connectivity index (χ0v) is 22.0. The van der Waals surface area contributed by atoms with Gasteiger partial charge in [-0.05, 0) is 109 Å². The number of carbonyl (C=O) groups is 1. The average Bonchev–Trinajstić information content (AvgIpc) is 3.05. The first-order chi connectivity index (χ1) is 14.8. The van der Waals surface area contributed by atoms with Gasteiger partial charge in [0.25, 0.3) is 0 Å². The highest BCUT2D eigenvalue weighted by Gasteiger charge is 2.72. The first-order valence-electron chi connectivity index (χ1n) is 14.0. The van der Waals surface area contributed by atoms with E-state index in [9.17, 15) is 4.79 Å². The standard InChI is InChI=1S/C30H48O2/c1-25(2)14-16-30-17-15-28(6)19(23(30)24(25)32-18-30)8-9-21-27(5)12-11-22(31)26(3,4)20(27)10-13-29(21,28)7/h19-21,23-24H,8-18H2,1-7H3/t19-,20+,21+,23+,24-,27+,28-,29-,30-/m1/s1. The van der Waals surface area contributed by atoms with Gasteiger partial charge in [-0.1, -0.05) is 48.5 Å². The second-order valence-corrected chi connectivity index (χ2v) is 15.4. The molecule has 2 heteroatoms. The van der Waals surface area contributed by atoms with Gasteiger partial charge in [0, 0.05) is 11.8 Å². The van der Waals surface area contributed by atoms with Gasteiger partial charge >= 0.3 is 0 Å². The van der Waals surface area contributed by atoms with Crippen LogP contribution in [0.15, 0.2) is 0 Å². The van der Waals surface area contributed by atoms with E-state index in [1.165, 1.54) is 51.4 Å². The molecule has 6 rings (SSSR count). The van der Waals surface area contributed by atoms with E-state index in [4.69, 9.17) is 4.74 Å². The SMILES string of the molecule is CC1(C)CC[C@]23CC[C@]4(C)[C@H](CC[C@H]5[C@@]6(C)CCC(=O)C(C)(C)[C@@H]6CC[C@]54C)[C@H]2[C@H]1OC3. The lowest BCUT2D eigenvalue weighted by atomic mass is 9.31. The summed E-state index contributed by atoms with van der Waals surface area (Å²) in [5, 5.41) is 0. The molecule has 0 spiro atoms. The van der Waals surface area contributed by atoms with E-state index in [1.807, 2.05) is 0 Å². The summed E-state index contributed by atoms with van der Waals surface area (Å²) in [6.07, 6.45) is 13.3. The second kappa shape index (κ2) is 6.24. The molecule has 1 aliphatic heterocycles. The van der Waals surface area contributed by atoms with Crippen LogP contribution in [0.5, 0.6) is 0 Å². The molecule has 6 aliphatic rings. The minimum Gasteiger partial charge on any atom is -0.377 e. The molecule has 0 aromatic heterocycles. The molecule has 2 nitrogen and oxygen atoms in total. The summed E-state index contributed by atoms with van der Waals surface area (Å²) in [4.78, 5) is 12.9. The van der Waals surface area contributed by atoms with Crippen molar-refractivity contribution in [2.24, 2.45) is 56.2 Å². The maximum absolute atomic E-state index is 12.9. The van der Waals surface area contributed by atoms with Crippen molar-refractivity contribution in [3.63, 3.8) is 0 Å². The third kappa shape index (κ3) is 2.35. The molecule has 1 saturated heterocycles. The summed E-state index contributed by atoms with van der Waals surface area (Å²) in [7, 11) is 0. The third-order valence-electron chi connectivity index (χ3n) is 13.9. The topological polar surface area (TPSA) is 26.3 Å². The van der Waals surface area contributed by atoms with Crippen LogP contribution in [0.4, 0.5) is 0 Å². The van der Waals surface area contributed by atoms with E-state index in [-0.39, 0.29) is 5.41 Å². The number of carbonyl (C=O) groups excluding carboxylic acids is 1. The van der Waals surface area contributed by atoms with E-state index in [2.05, 4.69) is 48.5 Å². The van der Waals surface area contributed by atoms with E-state index in [1.54, 1.807) is 0 Å². The van der Waals surface area contributed by atoms with Crippen LogP contribution < -0.4 is 0 Å². The molecule has 5 saturated carbocycles. The fourth-order valence-electron chi connectivity index (χ4n) is 11.8. The molecule has 6 fully saturated rings. The molecule has 1 heterocycles. The number of hydrogen-bond donors (Lipinski definition) is 0. The van der Waals surface area contributed by atoms with E-state index >= 15 is 0 Å². The van der Waals surface area contributed by atoms with Crippen LogP contribution in [0.25, 0.3) is 0 Å². The van der Waals surface area contributed by atoms with E-state index in [0.717, 1.165) is 37.2 Å². The summed E-state index contributed by atoms with van der Waals surface area (Å²) in [6.45, 7) is 18.6. The lowest BCUT2D eigenvalue weighted by Gasteiger charge is -2.72. The molecule has 9 atom stereocenters. The monoisotopic (exact) mass is 440 g/mol. The van der Waals surface area contributed by atoms with Crippen LogP contribution in [0.1, 0.15) is 113 Å². The van der Waals surface area contributed by atoms with Gasteiger partial charge in [-0.3, -0.25) is 4.79 Å². The van der Waals surface area contributed by atoms with Crippen LogP contribution in [-0.4, -0.2) is 18.5 Å². The molecule has 0 N–H and O–H groups in total. The van der Waals surface area contributed by atoms with Gasteiger partial charge in [0.05, 0.1) is 12.7 Å². The Labute approximate surface area is 197 Å². The highest BCUT2D eigenvalue weighted by atomic mass is 16.5. The first kappa shape index (κ1) is 22.1. The molecular formula is C30H48O2. The van der Waals surface area contributed by atoms with Crippen LogP contribution in [0.3, 0.4) is 0 Å². The minimum atomic E-state index is -0.136. The summed E-state index contributed by atoms with van der Waals surface area (Å²) in [5.74, 6) is 3.46. The van der Waals surface area contributed by atoms with Crippen molar-refractivity contribution in [3.05, 3.63) is 0 Å². The molecule has 0 aromatic carbocycles. The van der Waals surface area contributed by atoms with Gasteiger partial charge in [-0.25, -0.2) is 0 Å². The van der Waals surface area contributed by atoms with Gasteiger partial charge in [-0.15, -0.1) is 0 Å². The fraction of sp³-hybridized carbons (Fsp3) is 0.967. The number of rotatable bonds is 0. The van der Waals surface area contributed by atoms with E-state index < -0.39 is 0 Å². The average molecular weight is 441 g/mol. The van der Waals surface area contributed by atoms with E-state index in [0.29, 0.717) is 44.9 Å². The lowest BCUT2D eigenvalue weighted by Crippen LogP contribution is -2.67. The van der Waals surface area contributed by atoms with Crippen molar-refractivity contribution < 1.29 is 9.53 Å². The molecule has 0 aromatic rings. The van der Waals surface area contributed by atoms with Gasteiger partial charge < -0.3 is 4.74 Å². The van der Waals surface area contributed by atoms with Crippen LogP contribution in [0.2, 0.25) is 0 Å². The second-order valence-electron chi connectivity index (χ2n) is 15.4. The Morgan fingerprint density at radius 1 is 0.750 bits per heavy atom. The highest BCUT2D eigenvalue weighted by molar-refractivity contribution is 5.85. The molecule has 0 amide bonds. The van der Waals surface area contributed by atoms with Gasteiger partial charge in [0.2, 0.25) is 0 Å². The molecule has 0 radical (unpaired) electrons. The van der Waals surface area contributed by atoms with Gasteiger partial charge in [0.1, 0.15) is 5.78 Å². The Morgan fingerprint density at radius 3 is 2.22 bits per heavy atom. The first-order valence-corrected chi connectivity index (χ1v) is 14.0. The Hall–Kier alpha value is -0.370. The predicted octanol–water partition coefficient (Wildman–Crippen LogP) is 7.45. The Morgan fingerprint density at radius 2 is 1.47 bits per heavy atom. The summed E-state index contributed by atoms with van der Waals surface area (Å²) < 4.78 is 6.70. The molecule has 2 bridgehead atoms. The Balaban J connectivity index is 1.40. The Kier molecular flexibility index (Phi) is 4.31. The zero-order chi connectivity index (χ0) is 22.9. The van der Waals surface area contributed by atoms with Crippen molar-refractivity contribution in [3.8, 4) is 0 Å². The van der Waals surface area contributed by atoms with Crippen molar-refractivity contribution in [1.29, 1.82) is 0 Å². The zero-order valence-electron chi connectivity index (χ0n) is 22.0. The smallest absolute Gasteiger partial charge is 0.138 e. The number of Topliss-reactive ketones (excluding diaryl/α,β-unsaturated/α-hetero) is 1. The van der Waals surface area contributed by atoms with Crippen molar-refractivity contribution >= 4 is 5.78 Å². The third-order valence-corrected chi connectivity index (χ3v) is 13.9. The van der Waals surface area contributed by atoms with Gasteiger partial charge in [0.15, 0.2) is 0 Å². The van der Waals surface area contributed by atoms with Crippen molar-refractivity contribution in [1.82, 2.24) is 0 Å². The molecule has 32 heavy (non-hydrogen) atoms. The Bertz CT molecular complexity index is 842. The van der Waals surface area contributed by atoms with Gasteiger partial charge in [-0.2, -0.15) is 0 Å².